The molecule has 0 atom stereocenters. The van der Waals surface area contributed by atoms with Crippen molar-refractivity contribution in [2.24, 2.45) is 5.14 Å². The Morgan fingerprint density at radius 1 is 1.08 bits per heavy atom. The van der Waals surface area contributed by atoms with Crippen molar-refractivity contribution < 1.29 is 22.7 Å². The molecule has 25 heavy (non-hydrogen) atoms. The van der Waals surface area contributed by atoms with Crippen LogP contribution in [0.15, 0.2) is 53.4 Å². The van der Waals surface area contributed by atoms with E-state index >= 15 is 0 Å². The SMILES string of the molecule is CCOCCOc1ccccc1C(=O)Nc1ccc(S(N)(=O)=O)cc1. The number of nitrogens with two attached hydrogens (primary N) is 1. The number of carbonyl (C=O) groups excluding carboxylic acids is 1. The molecule has 2 aromatic carbocycles. The van der Waals surface area contributed by atoms with Crippen LogP contribution in [0.5, 0.6) is 5.75 Å². The van der Waals surface area contributed by atoms with E-state index in [1.807, 2.05) is 6.92 Å². The van der Waals surface area contributed by atoms with Gasteiger partial charge in [-0.2, -0.15) is 0 Å². The summed E-state index contributed by atoms with van der Waals surface area (Å²) in [6.45, 7) is 3.26. The molecule has 0 fully saturated rings. The molecule has 134 valence electrons. The first-order valence-corrected chi connectivity index (χ1v) is 9.20. The Kier molecular flexibility index (Phi) is 6.51. The van der Waals surface area contributed by atoms with E-state index in [1.54, 1.807) is 24.3 Å². The van der Waals surface area contributed by atoms with E-state index in [0.717, 1.165) is 0 Å². The quantitative estimate of drug-likeness (QED) is 0.697. The molecule has 8 heteroatoms. The standard InChI is InChI=1S/C17H20N2O5S/c1-2-23-11-12-24-16-6-4-3-5-15(16)17(20)19-13-7-9-14(10-8-13)25(18,21)22/h3-10H,2,11-12H2,1H3,(H,19,20)(H2,18,21,22). The van der Waals surface area contributed by atoms with Crippen LogP contribution in [0.3, 0.4) is 0 Å². The number of anilines is 1. The van der Waals surface area contributed by atoms with E-state index in [1.165, 1.54) is 24.3 Å². The Hall–Kier alpha value is -2.42. The fourth-order valence-corrected chi connectivity index (χ4v) is 2.58. The third-order valence-electron chi connectivity index (χ3n) is 3.26. The number of carbonyl (C=O) groups is 1. The molecule has 0 radical (unpaired) electrons. The van der Waals surface area contributed by atoms with Crippen molar-refractivity contribution >= 4 is 21.6 Å². The van der Waals surface area contributed by atoms with Gasteiger partial charge >= 0.3 is 0 Å². The van der Waals surface area contributed by atoms with Gasteiger partial charge in [-0.1, -0.05) is 12.1 Å². The molecule has 0 bridgehead atoms. The Morgan fingerprint density at radius 2 is 1.76 bits per heavy atom. The normalized spacial score (nSPS) is 11.1. The fraction of sp³-hybridized carbons (Fsp3) is 0.235. The number of nitrogens with one attached hydrogen (secondary N) is 1. The van der Waals surface area contributed by atoms with E-state index in [0.29, 0.717) is 36.8 Å². The van der Waals surface area contributed by atoms with Gasteiger partial charge in [-0.3, -0.25) is 4.79 Å². The second-order valence-electron chi connectivity index (χ2n) is 5.07. The van der Waals surface area contributed by atoms with Crippen LogP contribution in [0, 0.1) is 0 Å². The highest BCUT2D eigenvalue weighted by Crippen LogP contribution is 2.20. The van der Waals surface area contributed by atoms with Crippen molar-refractivity contribution in [2.75, 3.05) is 25.1 Å². The average molecular weight is 364 g/mol. The van der Waals surface area contributed by atoms with Crippen molar-refractivity contribution in [3.63, 3.8) is 0 Å². The molecule has 0 unspecified atom stereocenters. The molecule has 0 heterocycles. The lowest BCUT2D eigenvalue weighted by atomic mass is 10.2. The fourth-order valence-electron chi connectivity index (χ4n) is 2.06. The van der Waals surface area contributed by atoms with Crippen molar-refractivity contribution in [1.29, 1.82) is 0 Å². The third kappa shape index (κ3) is 5.56. The minimum absolute atomic E-state index is 0.0230. The first kappa shape index (κ1) is 18.9. The highest BCUT2D eigenvalue weighted by molar-refractivity contribution is 7.89. The van der Waals surface area contributed by atoms with E-state index in [4.69, 9.17) is 14.6 Å². The Bertz CT molecular complexity index is 819. The second-order valence-corrected chi connectivity index (χ2v) is 6.63. The van der Waals surface area contributed by atoms with Crippen molar-refractivity contribution in [3.8, 4) is 5.75 Å². The van der Waals surface area contributed by atoms with Gasteiger partial charge in [-0.15, -0.1) is 0 Å². The van der Waals surface area contributed by atoms with Crippen LogP contribution in [0.2, 0.25) is 0 Å². The van der Waals surface area contributed by atoms with Crippen LogP contribution in [0.25, 0.3) is 0 Å². The number of primary sulfonamides is 1. The summed E-state index contributed by atoms with van der Waals surface area (Å²) in [6.07, 6.45) is 0. The van der Waals surface area contributed by atoms with Gasteiger partial charge in [0.15, 0.2) is 0 Å². The second kappa shape index (κ2) is 8.61. The summed E-state index contributed by atoms with van der Waals surface area (Å²) in [6, 6.07) is 12.4. The van der Waals surface area contributed by atoms with Crippen LogP contribution in [0.1, 0.15) is 17.3 Å². The summed E-state index contributed by atoms with van der Waals surface area (Å²) < 4.78 is 33.3. The minimum Gasteiger partial charge on any atom is -0.490 e. The lowest BCUT2D eigenvalue weighted by molar-refractivity contribution is 0.0998. The zero-order chi connectivity index (χ0) is 18.3. The van der Waals surface area contributed by atoms with Crippen molar-refractivity contribution in [3.05, 3.63) is 54.1 Å². The third-order valence-corrected chi connectivity index (χ3v) is 4.19. The number of hydrogen-bond donors (Lipinski definition) is 2. The smallest absolute Gasteiger partial charge is 0.259 e. The van der Waals surface area contributed by atoms with E-state index in [-0.39, 0.29) is 10.8 Å². The van der Waals surface area contributed by atoms with Crippen LogP contribution in [-0.4, -0.2) is 34.1 Å². The maximum absolute atomic E-state index is 12.4. The molecular formula is C17H20N2O5S. The zero-order valence-corrected chi connectivity index (χ0v) is 14.6. The predicted molar refractivity (Wildman–Crippen MR) is 94.2 cm³/mol. The topological polar surface area (TPSA) is 108 Å². The molecule has 2 aromatic rings. The number of amides is 1. The first-order valence-electron chi connectivity index (χ1n) is 7.65. The van der Waals surface area contributed by atoms with Crippen molar-refractivity contribution in [1.82, 2.24) is 0 Å². The molecular weight excluding hydrogens is 344 g/mol. The van der Waals surface area contributed by atoms with Gasteiger partial charge in [0.2, 0.25) is 10.0 Å². The lowest BCUT2D eigenvalue weighted by Gasteiger charge is -2.12. The van der Waals surface area contributed by atoms with Gasteiger partial charge in [0.1, 0.15) is 12.4 Å². The van der Waals surface area contributed by atoms with Gasteiger partial charge in [-0.25, -0.2) is 13.6 Å². The summed E-state index contributed by atoms with van der Waals surface area (Å²) in [4.78, 5) is 12.4. The minimum atomic E-state index is -3.77. The van der Waals surface area contributed by atoms with E-state index in [9.17, 15) is 13.2 Å². The molecule has 0 aliphatic heterocycles. The predicted octanol–water partition coefficient (Wildman–Crippen LogP) is 2.00. The maximum atomic E-state index is 12.4. The average Bonchev–Trinajstić information content (AvgIpc) is 2.59. The summed E-state index contributed by atoms with van der Waals surface area (Å²) >= 11 is 0. The molecule has 0 saturated carbocycles. The Labute approximate surface area is 146 Å². The van der Waals surface area contributed by atoms with Crippen molar-refractivity contribution in [2.45, 2.75) is 11.8 Å². The molecule has 2 rings (SSSR count). The summed E-state index contributed by atoms with van der Waals surface area (Å²) in [7, 11) is -3.77. The number of benzene rings is 2. The largest absolute Gasteiger partial charge is 0.490 e. The van der Waals surface area contributed by atoms with Gasteiger partial charge in [0.05, 0.1) is 17.1 Å². The molecule has 0 spiro atoms. The number of hydrogen-bond acceptors (Lipinski definition) is 5. The maximum Gasteiger partial charge on any atom is 0.259 e. The zero-order valence-electron chi connectivity index (χ0n) is 13.8. The molecule has 7 nitrogen and oxygen atoms in total. The molecule has 0 aliphatic rings. The van der Waals surface area contributed by atoms with Gasteiger partial charge in [0.25, 0.3) is 5.91 Å². The van der Waals surface area contributed by atoms with Gasteiger partial charge in [-0.05, 0) is 43.3 Å². The molecule has 0 aromatic heterocycles. The Morgan fingerprint density at radius 3 is 2.40 bits per heavy atom. The number of ether oxygens (including phenoxy) is 2. The summed E-state index contributed by atoms with van der Waals surface area (Å²) in [5, 5.41) is 7.74. The van der Waals surface area contributed by atoms with Crippen LogP contribution >= 0.6 is 0 Å². The van der Waals surface area contributed by atoms with Crippen LogP contribution in [0.4, 0.5) is 5.69 Å². The van der Waals surface area contributed by atoms with Crippen LogP contribution in [-0.2, 0) is 14.8 Å². The summed E-state index contributed by atoms with van der Waals surface area (Å²) in [5.41, 5.74) is 0.816. The summed E-state index contributed by atoms with van der Waals surface area (Å²) in [5.74, 6) is 0.0798. The molecule has 1 amide bonds. The van der Waals surface area contributed by atoms with Crippen LogP contribution < -0.4 is 15.2 Å². The molecule has 3 N–H and O–H groups in total. The number of rotatable bonds is 8. The van der Waals surface area contributed by atoms with Gasteiger partial charge < -0.3 is 14.8 Å². The monoisotopic (exact) mass is 364 g/mol. The van der Waals surface area contributed by atoms with E-state index < -0.39 is 10.0 Å². The molecule has 0 saturated heterocycles. The molecule has 0 aliphatic carbocycles. The highest BCUT2D eigenvalue weighted by atomic mass is 32.2. The highest BCUT2D eigenvalue weighted by Gasteiger charge is 2.13. The number of para-hydroxylation sites is 1. The number of sulfonamides is 1. The lowest BCUT2D eigenvalue weighted by Crippen LogP contribution is -2.15. The first-order chi connectivity index (χ1) is 11.9. The van der Waals surface area contributed by atoms with E-state index in [2.05, 4.69) is 5.32 Å². The Balaban J connectivity index is 2.08. The van der Waals surface area contributed by atoms with Gasteiger partial charge in [0, 0.05) is 12.3 Å².